The summed E-state index contributed by atoms with van der Waals surface area (Å²) in [7, 11) is 0. The van der Waals surface area contributed by atoms with Gasteiger partial charge in [-0.2, -0.15) is 0 Å². The normalized spacial score (nSPS) is 17.9. The molecule has 3 aliphatic rings. The number of nitrogens with zero attached hydrogens (tertiary/aromatic N) is 4. The van der Waals surface area contributed by atoms with Gasteiger partial charge >= 0.3 is 0 Å². The van der Waals surface area contributed by atoms with E-state index >= 15 is 0 Å². The van der Waals surface area contributed by atoms with E-state index in [2.05, 4.69) is 47.2 Å². The fraction of sp³-hybridized carbons (Fsp3) is 0.610. The number of ether oxygens (including phenoxy) is 7. The van der Waals surface area contributed by atoms with Gasteiger partial charge in [-0.1, -0.05) is 19.1 Å². The number of aliphatic hydroxyl groups is 1. The third-order valence-electron chi connectivity index (χ3n) is 15.7. The number of β-amino-alcohol motifs (C(OH)–C–C–N with tert-alkyl or cyclic N) is 1. The van der Waals surface area contributed by atoms with E-state index in [0.717, 1.165) is 55.9 Å². The van der Waals surface area contributed by atoms with E-state index in [9.17, 15) is 39.7 Å². The number of fused-ring (bicyclic) bond motifs is 3. The first-order valence-electron chi connectivity index (χ1n) is 28.5. The van der Waals surface area contributed by atoms with Crippen LogP contribution in [-0.4, -0.2) is 178 Å². The minimum Gasteiger partial charge on any atom is -0.491 e. The number of non-ortho nitro benzene ring substituents is 1. The monoisotopic (exact) mass is 1110 g/mol. The molecule has 21 nitrogen and oxygen atoms in total. The molecule has 7 rings (SSSR count). The molecule has 3 N–H and O–H groups in total. The highest BCUT2D eigenvalue weighted by molar-refractivity contribution is 5.98. The molecule has 1 amide bonds. The topological polar surface area (TPSA) is 257 Å². The summed E-state index contributed by atoms with van der Waals surface area (Å²) in [6.07, 6.45) is 5.35. The lowest BCUT2D eigenvalue weighted by atomic mass is 9.67. The third kappa shape index (κ3) is 18.6. The van der Waals surface area contributed by atoms with Crippen molar-refractivity contribution in [1.29, 1.82) is 0 Å². The average molecular weight is 1120 g/mol. The van der Waals surface area contributed by atoms with Crippen LogP contribution in [0.2, 0.25) is 0 Å². The first-order valence-corrected chi connectivity index (χ1v) is 28.5. The van der Waals surface area contributed by atoms with Gasteiger partial charge in [0.05, 0.1) is 81.5 Å². The fourth-order valence-corrected chi connectivity index (χ4v) is 11.0. The molecule has 0 aliphatic carbocycles. The minimum absolute atomic E-state index is 0.0265. The molecule has 0 unspecified atom stereocenters. The second-order valence-electron chi connectivity index (χ2n) is 21.3. The summed E-state index contributed by atoms with van der Waals surface area (Å²) in [6.45, 7) is 14.3. The Morgan fingerprint density at radius 3 is 1.94 bits per heavy atom. The zero-order chi connectivity index (χ0) is 56.7. The number of piperidine rings is 2. The van der Waals surface area contributed by atoms with Gasteiger partial charge in [0, 0.05) is 112 Å². The Hall–Kier alpha value is -5.91. The molecule has 80 heavy (non-hydrogen) atoms. The van der Waals surface area contributed by atoms with Crippen LogP contribution in [0.3, 0.4) is 0 Å². The number of H-pyrrole nitrogens is 1. The molecule has 21 heteroatoms. The van der Waals surface area contributed by atoms with Crippen molar-refractivity contribution in [3.8, 4) is 5.75 Å². The summed E-state index contributed by atoms with van der Waals surface area (Å²) < 4.78 is 39.3. The molecule has 1 spiro atoms. The van der Waals surface area contributed by atoms with Crippen molar-refractivity contribution in [1.82, 2.24) is 14.8 Å². The fourth-order valence-electron chi connectivity index (χ4n) is 11.0. The van der Waals surface area contributed by atoms with Crippen LogP contribution in [0.25, 0.3) is 10.9 Å². The number of hydrogen-bond acceptors (Lipinski definition) is 17. The van der Waals surface area contributed by atoms with Crippen molar-refractivity contribution in [3.63, 3.8) is 0 Å². The van der Waals surface area contributed by atoms with E-state index in [1.807, 2.05) is 29.2 Å². The smallest absolute Gasteiger partial charge is 0.279 e. The Kier molecular flexibility index (Phi) is 24.6. The van der Waals surface area contributed by atoms with Crippen LogP contribution < -0.4 is 10.1 Å². The number of benzene rings is 3. The number of nitro groups is 2. The first kappa shape index (κ1) is 61.7. The number of aryl methyl sites for hydroxylation is 2. The van der Waals surface area contributed by atoms with Gasteiger partial charge in [-0.15, -0.1) is 0 Å². The Morgan fingerprint density at radius 2 is 1.32 bits per heavy atom. The number of nitro benzene ring substituents is 2. The summed E-state index contributed by atoms with van der Waals surface area (Å²) in [5.41, 5.74) is 5.39. The number of Topliss-reactive ketones (excluding diaryl/α,β-unsaturated/α-hetero) is 2. The van der Waals surface area contributed by atoms with Crippen molar-refractivity contribution in [2.75, 3.05) is 130 Å². The van der Waals surface area contributed by atoms with Gasteiger partial charge in [-0.25, -0.2) is 0 Å². The molecule has 0 saturated carbocycles. The number of hydrogen-bond donors (Lipinski definition) is 3. The third-order valence-corrected chi connectivity index (χ3v) is 15.7. The standard InChI is InChI=1S/C59H82N6O15/c1-43-9-15-52-54(36-43)60-42-59(52)19-22-62(40-44(59)2)41-57(68)46-17-20-63(21-18-46)58(69)55-38-47-37-51(14-16-53(47)61-55)80-35-34-79-33-32-78-31-28-76-25-5-8-50(67)13-12-49(66)7-4-24-75-27-30-77-29-26-74-23-3-6-45-10-11-48(64(70)71)39-56(45)65(72)73/h9-11,14-16,36-39,44,46,57,60-61,68H,3-8,12-13,17-35,40-42H2,1-2H3/t44-,57-,59+/m1/s1. The predicted molar refractivity (Wildman–Crippen MR) is 301 cm³/mol. The molecular weight excluding hydrogens is 1030 g/mol. The number of carbonyl (C=O) groups excluding carboxylic acids is 3. The summed E-state index contributed by atoms with van der Waals surface area (Å²) in [6, 6.07) is 18.0. The number of aromatic amines is 1. The number of nitrogens with one attached hydrogen (secondary N) is 2. The number of carbonyl (C=O) groups is 3. The maximum absolute atomic E-state index is 13.6. The number of aromatic nitrogens is 1. The van der Waals surface area contributed by atoms with E-state index in [1.54, 1.807) is 0 Å². The largest absolute Gasteiger partial charge is 0.491 e. The van der Waals surface area contributed by atoms with Gasteiger partial charge in [0.15, 0.2) is 0 Å². The highest BCUT2D eigenvalue weighted by Gasteiger charge is 2.46. The lowest BCUT2D eigenvalue weighted by molar-refractivity contribution is -0.394. The van der Waals surface area contributed by atoms with Crippen LogP contribution in [0.1, 0.15) is 98.3 Å². The van der Waals surface area contributed by atoms with Crippen molar-refractivity contribution in [2.45, 2.75) is 96.0 Å². The van der Waals surface area contributed by atoms with Crippen LogP contribution >= 0.6 is 0 Å². The maximum Gasteiger partial charge on any atom is 0.279 e. The number of aliphatic hydroxyl groups excluding tert-OH is 1. The molecule has 3 aliphatic heterocycles. The highest BCUT2D eigenvalue weighted by Crippen LogP contribution is 2.47. The molecule has 3 atom stereocenters. The number of rotatable bonds is 37. The second-order valence-corrected chi connectivity index (χ2v) is 21.3. The van der Waals surface area contributed by atoms with Crippen LogP contribution in [0.4, 0.5) is 17.1 Å². The Bertz CT molecular complexity index is 2640. The molecule has 4 heterocycles. The molecule has 3 aromatic carbocycles. The summed E-state index contributed by atoms with van der Waals surface area (Å²) in [5.74, 6) is 1.37. The molecule has 2 fully saturated rings. The van der Waals surface area contributed by atoms with Gasteiger partial charge in [-0.05, 0) is 118 Å². The number of likely N-dealkylation sites (tertiary alicyclic amines) is 2. The SMILES string of the molecule is Cc1ccc2c(c1)NC[C@]21CCN(C[C@@H](O)C2CCN(C(=O)c3cc4cc(OCCOCCOCCOCCCC(=O)CCC(=O)CCCOCCOCCOCCCc5ccc([N+](=O)[O-])cc5[N+](=O)[O-])ccc4[nH]3)CC2)C[C@H]1C. The summed E-state index contributed by atoms with van der Waals surface area (Å²) >= 11 is 0. The highest BCUT2D eigenvalue weighted by atomic mass is 16.6. The molecule has 0 bridgehead atoms. The van der Waals surface area contributed by atoms with Gasteiger partial charge < -0.3 is 58.4 Å². The van der Waals surface area contributed by atoms with Crippen molar-refractivity contribution in [3.05, 3.63) is 103 Å². The van der Waals surface area contributed by atoms with E-state index in [-0.39, 0.29) is 53.0 Å². The van der Waals surface area contributed by atoms with Crippen LogP contribution in [0.5, 0.6) is 5.75 Å². The molecular formula is C59H82N6O15. The van der Waals surface area contributed by atoms with E-state index in [4.69, 9.17) is 33.2 Å². The zero-order valence-electron chi connectivity index (χ0n) is 46.7. The first-order chi connectivity index (χ1) is 38.8. The van der Waals surface area contributed by atoms with Crippen molar-refractivity contribution in [2.24, 2.45) is 11.8 Å². The van der Waals surface area contributed by atoms with E-state index in [1.165, 1.54) is 28.9 Å². The maximum atomic E-state index is 13.6. The van der Waals surface area contributed by atoms with Crippen LogP contribution in [-0.2, 0) is 49.8 Å². The van der Waals surface area contributed by atoms with Gasteiger partial charge in [0.2, 0.25) is 0 Å². The summed E-state index contributed by atoms with van der Waals surface area (Å²) in [4.78, 5) is 66.6. The van der Waals surface area contributed by atoms with Gasteiger partial charge in [-0.3, -0.25) is 34.6 Å². The van der Waals surface area contributed by atoms with E-state index in [0.29, 0.717) is 167 Å². The molecule has 4 aromatic rings. The molecule has 1 aromatic heterocycles. The quantitative estimate of drug-likeness (QED) is 0.0221. The lowest BCUT2D eigenvalue weighted by Gasteiger charge is -2.46. The number of ketones is 2. The number of amides is 1. The Labute approximate surface area is 468 Å². The summed E-state index contributed by atoms with van der Waals surface area (Å²) in [5, 5.41) is 38.1. The Balaban J connectivity index is 0.620. The molecule has 2 saturated heterocycles. The van der Waals surface area contributed by atoms with Crippen LogP contribution in [0.15, 0.2) is 60.7 Å². The molecule has 0 radical (unpaired) electrons. The molecule has 438 valence electrons. The average Bonchev–Trinajstić information content (AvgIpc) is 4.13. The van der Waals surface area contributed by atoms with Crippen LogP contribution in [0, 0.1) is 39.0 Å². The van der Waals surface area contributed by atoms with Gasteiger partial charge in [0.25, 0.3) is 17.3 Å². The lowest BCUT2D eigenvalue weighted by Crippen LogP contribution is -2.52. The van der Waals surface area contributed by atoms with E-state index < -0.39 is 16.0 Å². The predicted octanol–water partition coefficient (Wildman–Crippen LogP) is 7.80. The van der Waals surface area contributed by atoms with Crippen molar-refractivity contribution >= 4 is 45.4 Å². The second kappa shape index (κ2) is 31.9. The zero-order valence-corrected chi connectivity index (χ0v) is 46.7. The van der Waals surface area contributed by atoms with Crippen molar-refractivity contribution < 1.29 is 62.5 Å². The minimum atomic E-state index is -0.663. The Morgan fingerprint density at radius 1 is 0.713 bits per heavy atom. The van der Waals surface area contributed by atoms with Gasteiger partial charge in [0.1, 0.15) is 29.6 Å². The number of anilines is 1.